The largest absolute Gasteiger partial charge is 0.373 e. The minimum atomic E-state index is 0.634. The number of hydrogen-bond donors (Lipinski definition) is 0. The normalized spacial score (nSPS) is 25.3. The summed E-state index contributed by atoms with van der Waals surface area (Å²) in [4.78, 5) is 0. The van der Waals surface area contributed by atoms with Crippen molar-refractivity contribution in [2.24, 2.45) is 0 Å². The molecule has 1 fully saturated rings. The van der Waals surface area contributed by atoms with Crippen LogP contribution in [0.15, 0.2) is 0 Å². The monoisotopic (exact) mass is 326 g/mol. The van der Waals surface area contributed by atoms with Gasteiger partial charge in [-0.15, -0.1) is 0 Å². The van der Waals surface area contributed by atoms with Crippen LogP contribution in [-0.4, -0.2) is 12.7 Å². The molecule has 0 amide bonds. The highest BCUT2D eigenvalue weighted by Gasteiger charge is 2.18. The van der Waals surface area contributed by atoms with E-state index in [2.05, 4.69) is 44.2 Å². The molecule has 1 rings (SSSR count). The van der Waals surface area contributed by atoms with Gasteiger partial charge < -0.3 is 4.74 Å². The SMILES string of the molecule is CCC1CO1.II. The van der Waals surface area contributed by atoms with Crippen molar-refractivity contribution in [2.45, 2.75) is 19.4 Å². The Hall–Kier alpha value is 1.42. The Morgan fingerprint density at radius 1 is 1.71 bits per heavy atom. The molecule has 7 heavy (non-hydrogen) atoms. The standard InChI is InChI=1S/C4H8O.I2/c1-2-4-3-5-4;1-2/h4H,2-3H2,1H3;. The third kappa shape index (κ3) is 5.29. The maximum Gasteiger partial charge on any atom is 0.0807 e. The first-order valence-corrected chi connectivity index (χ1v) is 8.48. The van der Waals surface area contributed by atoms with E-state index in [1.165, 1.54) is 6.42 Å². The van der Waals surface area contributed by atoms with Crippen LogP contribution in [0.4, 0.5) is 0 Å². The molecule has 1 heterocycles. The molecule has 0 spiro atoms. The average Bonchev–Trinajstić information content (AvgIpc) is 2.52. The lowest BCUT2D eigenvalue weighted by molar-refractivity contribution is 0.403. The van der Waals surface area contributed by atoms with E-state index in [1.807, 2.05) is 0 Å². The van der Waals surface area contributed by atoms with Crippen molar-refractivity contribution < 1.29 is 4.74 Å². The first-order chi connectivity index (χ1) is 3.43. The summed E-state index contributed by atoms with van der Waals surface area (Å²) >= 11 is 4.24. The van der Waals surface area contributed by atoms with Gasteiger partial charge in [-0.3, -0.25) is 0 Å². The van der Waals surface area contributed by atoms with E-state index in [0.29, 0.717) is 6.10 Å². The molecule has 0 aromatic heterocycles. The van der Waals surface area contributed by atoms with Crippen LogP contribution >= 0.6 is 37.2 Å². The predicted octanol–water partition coefficient (Wildman–Crippen LogP) is 2.57. The molecule has 0 radical (unpaired) electrons. The van der Waals surface area contributed by atoms with Gasteiger partial charge in [-0.1, -0.05) is 6.92 Å². The quantitative estimate of drug-likeness (QED) is 0.533. The number of hydrogen-bond acceptors (Lipinski definition) is 1. The average molecular weight is 326 g/mol. The Morgan fingerprint density at radius 2 is 2.14 bits per heavy atom. The number of halogens is 2. The van der Waals surface area contributed by atoms with Crippen molar-refractivity contribution in [3.05, 3.63) is 0 Å². The summed E-state index contributed by atoms with van der Waals surface area (Å²) in [5, 5.41) is 0. The highest BCUT2D eigenvalue weighted by atomic mass is 128. The molecule has 0 bridgehead atoms. The van der Waals surface area contributed by atoms with Gasteiger partial charge in [-0.05, 0) is 6.42 Å². The third-order valence-electron chi connectivity index (χ3n) is 0.858. The molecule has 0 aromatic carbocycles. The van der Waals surface area contributed by atoms with Gasteiger partial charge in [0.25, 0.3) is 0 Å². The van der Waals surface area contributed by atoms with Gasteiger partial charge in [0.2, 0.25) is 0 Å². The fourth-order valence-corrected chi connectivity index (χ4v) is 0.304. The van der Waals surface area contributed by atoms with E-state index < -0.39 is 0 Å². The van der Waals surface area contributed by atoms with Gasteiger partial charge in [-0.25, -0.2) is 0 Å². The van der Waals surface area contributed by atoms with E-state index >= 15 is 0 Å². The minimum Gasteiger partial charge on any atom is -0.373 e. The maximum atomic E-state index is 4.86. The van der Waals surface area contributed by atoms with E-state index in [0.717, 1.165) is 6.61 Å². The molecule has 1 atom stereocenters. The van der Waals surface area contributed by atoms with Crippen LogP contribution in [0, 0.1) is 0 Å². The molecular weight excluding hydrogens is 318 g/mol. The summed E-state index contributed by atoms with van der Waals surface area (Å²) < 4.78 is 4.86. The van der Waals surface area contributed by atoms with Crippen molar-refractivity contribution >= 4 is 37.2 Å². The van der Waals surface area contributed by atoms with Crippen molar-refractivity contribution in [1.29, 1.82) is 0 Å². The van der Waals surface area contributed by atoms with Crippen LogP contribution in [0.25, 0.3) is 0 Å². The minimum absolute atomic E-state index is 0.634. The molecule has 1 nitrogen and oxygen atoms in total. The van der Waals surface area contributed by atoms with Crippen LogP contribution in [0.2, 0.25) is 0 Å². The van der Waals surface area contributed by atoms with Crippen LogP contribution in [0.5, 0.6) is 0 Å². The summed E-state index contributed by atoms with van der Waals surface area (Å²) in [5.41, 5.74) is 0. The van der Waals surface area contributed by atoms with Gasteiger partial charge in [0.1, 0.15) is 0 Å². The second-order valence-corrected chi connectivity index (χ2v) is 1.36. The highest BCUT2D eigenvalue weighted by molar-refractivity contribution is 15.0. The summed E-state index contributed by atoms with van der Waals surface area (Å²) in [6, 6.07) is 0. The zero-order valence-electron chi connectivity index (χ0n) is 4.16. The van der Waals surface area contributed by atoms with E-state index in [-0.39, 0.29) is 0 Å². The summed E-state index contributed by atoms with van der Waals surface area (Å²) in [5.74, 6) is 0. The molecule has 0 aliphatic carbocycles. The van der Waals surface area contributed by atoms with Gasteiger partial charge in [0, 0.05) is 37.2 Å². The molecule has 1 aliphatic rings. The number of rotatable bonds is 1. The Morgan fingerprint density at radius 3 is 2.14 bits per heavy atom. The van der Waals surface area contributed by atoms with Crippen molar-refractivity contribution in [1.82, 2.24) is 0 Å². The van der Waals surface area contributed by atoms with Gasteiger partial charge in [0.15, 0.2) is 0 Å². The molecule has 1 aliphatic heterocycles. The van der Waals surface area contributed by atoms with Gasteiger partial charge in [0.05, 0.1) is 12.7 Å². The Balaban J connectivity index is 0.000000162. The Kier molecular flexibility index (Phi) is 6.68. The summed E-state index contributed by atoms with van der Waals surface area (Å²) in [6.07, 6.45) is 1.83. The van der Waals surface area contributed by atoms with Crippen molar-refractivity contribution in [3.63, 3.8) is 0 Å². The highest BCUT2D eigenvalue weighted by Crippen LogP contribution is 2.10. The van der Waals surface area contributed by atoms with E-state index in [1.54, 1.807) is 0 Å². The van der Waals surface area contributed by atoms with Crippen LogP contribution in [-0.2, 0) is 4.74 Å². The molecule has 44 valence electrons. The van der Waals surface area contributed by atoms with Crippen LogP contribution in [0.3, 0.4) is 0 Å². The number of epoxide rings is 1. The fourth-order valence-electron chi connectivity index (χ4n) is 0.304. The first kappa shape index (κ1) is 8.42. The van der Waals surface area contributed by atoms with E-state index in [9.17, 15) is 0 Å². The smallest absolute Gasteiger partial charge is 0.0807 e. The van der Waals surface area contributed by atoms with Crippen LogP contribution in [0.1, 0.15) is 13.3 Å². The lowest BCUT2D eigenvalue weighted by Gasteiger charge is -1.69. The second kappa shape index (κ2) is 5.55. The Labute approximate surface area is 67.5 Å². The lowest BCUT2D eigenvalue weighted by Crippen LogP contribution is -1.73. The van der Waals surface area contributed by atoms with Crippen LogP contribution < -0.4 is 0 Å². The zero-order valence-corrected chi connectivity index (χ0v) is 8.47. The molecule has 1 saturated heterocycles. The van der Waals surface area contributed by atoms with Gasteiger partial charge >= 0.3 is 0 Å². The summed E-state index contributed by atoms with van der Waals surface area (Å²) in [6.45, 7) is 3.15. The summed E-state index contributed by atoms with van der Waals surface area (Å²) in [7, 11) is 0. The third-order valence-corrected chi connectivity index (χ3v) is 0.858. The second-order valence-electron chi connectivity index (χ2n) is 1.36. The number of ether oxygens (including phenoxy) is 1. The van der Waals surface area contributed by atoms with Crippen molar-refractivity contribution in [2.75, 3.05) is 6.61 Å². The maximum absolute atomic E-state index is 4.86. The fraction of sp³-hybridized carbons (Fsp3) is 1.00. The molecule has 0 saturated carbocycles. The van der Waals surface area contributed by atoms with E-state index in [4.69, 9.17) is 4.74 Å². The molecule has 3 heteroatoms. The zero-order chi connectivity index (χ0) is 5.70. The molecule has 1 unspecified atom stereocenters. The topological polar surface area (TPSA) is 12.5 Å². The first-order valence-electron chi connectivity index (χ1n) is 2.19. The predicted molar refractivity (Wildman–Crippen MR) is 48.1 cm³/mol. The molecular formula is C4H8I2O. The lowest BCUT2D eigenvalue weighted by atomic mass is 10.4. The molecule has 0 N–H and O–H groups in total. The Bertz CT molecular complexity index is 36.7. The van der Waals surface area contributed by atoms with Gasteiger partial charge in [-0.2, -0.15) is 0 Å². The van der Waals surface area contributed by atoms with Crippen molar-refractivity contribution in [3.8, 4) is 0 Å². The molecule has 0 aromatic rings.